The van der Waals surface area contributed by atoms with Crippen molar-refractivity contribution >= 4 is 31.9 Å². The predicted octanol–water partition coefficient (Wildman–Crippen LogP) is 5.10. The van der Waals surface area contributed by atoms with Crippen molar-refractivity contribution in [1.82, 2.24) is 0 Å². The van der Waals surface area contributed by atoms with E-state index in [-0.39, 0.29) is 0 Å². The van der Waals surface area contributed by atoms with Gasteiger partial charge in [-0.05, 0) is 48.4 Å². The Hall–Kier alpha value is -0.800. The number of hydrogen-bond donors (Lipinski definition) is 0. The average Bonchev–Trinajstić information content (AvgIpc) is 2.31. The molecule has 0 aliphatic heterocycles. The lowest BCUT2D eigenvalue weighted by Crippen LogP contribution is -1.95. The van der Waals surface area contributed by atoms with Crippen molar-refractivity contribution in [2.75, 3.05) is 0 Å². The minimum absolute atomic E-state index is 0.584. The maximum atomic E-state index is 5.74. The van der Waals surface area contributed by atoms with Crippen LogP contribution in [0.15, 0.2) is 51.4 Å². The Morgan fingerprint density at radius 3 is 2.59 bits per heavy atom. The van der Waals surface area contributed by atoms with Gasteiger partial charge in [0.1, 0.15) is 12.4 Å². The highest BCUT2D eigenvalue weighted by Gasteiger charge is 1.99. The van der Waals surface area contributed by atoms with Crippen LogP contribution in [0.2, 0.25) is 0 Å². The van der Waals surface area contributed by atoms with Gasteiger partial charge in [-0.3, -0.25) is 0 Å². The topological polar surface area (TPSA) is 9.23 Å². The Labute approximate surface area is 118 Å². The number of halogens is 2. The fourth-order valence-corrected chi connectivity index (χ4v) is 2.19. The zero-order valence-electron chi connectivity index (χ0n) is 9.41. The molecule has 0 N–H and O–H groups in total. The Balaban J connectivity index is 2.05. The molecule has 0 radical (unpaired) electrons. The molecule has 17 heavy (non-hydrogen) atoms. The van der Waals surface area contributed by atoms with Crippen molar-refractivity contribution in [2.45, 2.75) is 13.5 Å². The lowest BCUT2D eigenvalue weighted by Gasteiger charge is -2.08. The summed E-state index contributed by atoms with van der Waals surface area (Å²) in [5.41, 5.74) is 2.33. The molecule has 2 aromatic carbocycles. The van der Waals surface area contributed by atoms with Crippen LogP contribution in [0, 0.1) is 6.92 Å². The molecule has 1 nitrogen and oxygen atoms in total. The number of hydrogen-bond acceptors (Lipinski definition) is 1. The fourth-order valence-electron chi connectivity index (χ4n) is 1.50. The summed E-state index contributed by atoms with van der Waals surface area (Å²) >= 11 is 6.92. The van der Waals surface area contributed by atoms with Gasteiger partial charge in [-0.2, -0.15) is 0 Å². The highest BCUT2D eigenvalue weighted by atomic mass is 79.9. The normalized spacial score (nSPS) is 10.3. The van der Waals surface area contributed by atoms with Gasteiger partial charge in [-0.15, -0.1) is 0 Å². The monoisotopic (exact) mass is 354 g/mol. The maximum absolute atomic E-state index is 5.74. The Morgan fingerprint density at radius 1 is 1.06 bits per heavy atom. The number of rotatable bonds is 3. The third kappa shape index (κ3) is 3.58. The van der Waals surface area contributed by atoms with E-state index in [0.717, 1.165) is 20.3 Å². The van der Waals surface area contributed by atoms with Gasteiger partial charge >= 0.3 is 0 Å². The second-order valence-electron chi connectivity index (χ2n) is 3.83. The standard InChI is InChI=1S/C14H12Br2O/c1-10-7-13(5-6-14(10)16)17-9-11-3-2-4-12(15)8-11/h2-8H,9H2,1H3. The molecule has 0 saturated heterocycles. The van der Waals surface area contributed by atoms with Crippen LogP contribution in [0.5, 0.6) is 5.75 Å². The van der Waals surface area contributed by atoms with Crippen molar-refractivity contribution in [3.05, 3.63) is 62.5 Å². The summed E-state index contributed by atoms with van der Waals surface area (Å²) in [6, 6.07) is 14.1. The molecular weight excluding hydrogens is 344 g/mol. The van der Waals surface area contributed by atoms with E-state index in [9.17, 15) is 0 Å². The minimum atomic E-state index is 0.584. The maximum Gasteiger partial charge on any atom is 0.120 e. The summed E-state index contributed by atoms with van der Waals surface area (Å²) in [5, 5.41) is 0. The van der Waals surface area contributed by atoms with E-state index in [1.807, 2.05) is 30.3 Å². The first-order chi connectivity index (χ1) is 8.15. The van der Waals surface area contributed by atoms with Gasteiger partial charge in [0, 0.05) is 8.95 Å². The zero-order chi connectivity index (χ0) is 12.3. The first-order valence-corrected chi connectivity index (χ1v) is 6.87. The van der Waals surface area contributed by atoms with Gasteiger partial charge in [-0.25, -0.2) is 0 Å². The molecule has 0 aliphatic rings. The molecular formula is C14H12Br2O. The van der Waals surface area contributed by atoms with E-state index in [2.05, 4.69) is 50.9 Å². The van der Waals surface area contributed by atoms with Gasteiger partial charge in [0.15, 0.2) is 0 Å². The number of aryl methyl sites for hydroxylation is 1. The molecule has 0 amide bonds. The first-order valence-electron chi connectivity index (χ1n) is 5.28. The summed E-state index contributed by atoms with van der Waals surface area (Å²) in [4.78, 5) is 0. The average molecular weight is 356 g/mol. The highest BCUT2D eigenvalue weighted by molar-refractivity contribution is 9.10. The van der Waals surface area contributed by atoms with Crippen LogP contribution in [0.3, 0.4) is 0 Å². The number of benzene rings is 2. The zero-order valence-corrected chi connectivity index (χ0v) is 12.6. The van der Waals surface area contributed by atoms with Crippen molar-refractivity contribution in [3.63, 3.8) is 0 Å². The Morgan fingerprint density at radius 2 is 1.88 bits per heavy atom. The Bertz CT molecular complexity index is 523. The largest absolute Gasteiger partial charge is 0.489 e. The third-order valence-corrected chi connectivity index (χ3v) is 3.81. The smallest absolute Gasteiger partial charge is 0.120 e. The van der Waals surface area contributed by atoms with Crippen LogP contribution in [0.4, 0.5) is 0 Å². The molecule has 2 rings (SSSR count). The van der Waals surface area contributed by atoms with Crippen LogP contribution in [0.25, 0.3) is 0 Å². The second-order valence-corrected chi connectivity index (χ2v) is 5.60. The van der Waals surface area contributed by atoms with E-state index in [4.69, 9.17) is 4.74 Å². The van der Waals surface area contributed by atoms with Crippen LogP contribution >= 0.6 is 31.9 Å². The molecule has 0 fully saturated rings. The highest BCUT2D eigenvalue weighted by Crippen LogP contribution is 2.22. The third-order valence-electron chi connectivity index (χ3n) is 2.42. The van der Waals surface area contributed by atoms with E-state index >= 15 is 0 Å². The van der Waals surface area contributed by atoms with Gasteiger partial charge in [0.05, 0.1) is 0 Å². The van der Waals surface area contributed by atoms with Crippen molar-refractivity contribution < 1.29 is 4.74 Å². The lowest BCUT2D eigenvalue weighted by atomic mass is 10.2. The fraction of sp³-hybridized carbons (Fsp3) is 0.143. The summed E-state index contributed by atoms with van der Waals surface area (Å²) < 4.78 is 7.92. The molecule has 0 saturated carbocycles. The second kappa shape index (κ2) is 5.69. The first kappa shape index (κ1) is 12.7. The molecule has 0 atom stereocenters. The van der Waals surface area contributed by atoms with Crippen LogP contribution in [-0.2, 0) is 6.61 Å². The van der Waals surface area contributed by atoms with E-state index in [1.54, 1.807) is 0 Å². The van der Waals surface area contributed by atoms with Crippen molar-refractivity contribution in [1.29, 1.82) is 0 Å². The molecule has 0 heterocycles. The molecule has 0 unspecified atom stereocenters. The van der Waals surface area contributed by atoms with E-state index < -0.39 is 0 Å². The minimum Gasteiger partial charge on any atom is -0.489 e. The van der Waals surface area contributed by atoms with Crippen molar-refractivity contribution in [3.8, 4) is 5.75 Å². The molecule has 0 aliphatic carbocycles. The Kier molecular flexibility index (Phi) is 4.24. The van der Waals surface area contributed by atoms with Crippen LogP contribution in [0.1, 0.15) is 11.1 Å². The summed E-state index contributed by atoms with van der Waals surface area (Å²) in [6.45, 7) is 2.64. The van der Waals surface area contributed by atoms with E-state index in [0.29, 0.717) is 6.61 Å². The van der Waals surface area contributed by atoms with Gasteiger partial charge in [0.2, 0.25) is 0 Å². The molecule has 0 bridgehead atoms. The summed E-state index contributed by atoms with van der Waals surface area (Å²) in [7, 11) is 0. The lowest BCUT2D eigenvalue weighted by molar-refractivity contribution is 0.306. The summed E-state index contributed by atoms with van der Waals surface area (Å²) in [6.07, 6.45) is 0. The van der Waals surface area contributed by atoms with Gasteiger partial charge in [-0.1, -0.05) is 44.0 Å². The van der Waals surface area contributed by atoms with Gasteiger partial charge in [0.25, 0.3) is 0 Å². The molecule has 0 aromatic heterocycles. The van der Waals surface area contributed by atoms with Gasteiger partial charge < -0.3 is 4.74 Å². The van der Waals surface area contributed by atoms with Crippen molar-refractivity contribution in [2.24, 2.45) is 0 Å². The quantitative estimate of drug-likeness (QED) is 0.744. The molecule has 2 aromatic rings. The van der Waals surface area contributed by atoms with Crippen LogP contribution < -0.4 is 4.74 Å². The molecule has 88 valence electrons. The predicted molar refractivity (Wildman–Crippen MR) is 77.4 cm³/mol. The van der Waals surface area contributed by atoms with Crippen LogP contribution in [-0.4, -0.2) is 0 Å². The SMILES string of the molecule is Cc1cc(OCc2cccc(Br)c2)ccc1Br. The summed E-state index contributed by atoms with van der Waals surface area (Å²) in [5.74, 6) is 0.894. The molecule has 3 heteroatoms. The molecule has 0 spiro atoms. The number of ether oxygens (including phenoxy) is 1. The van der Waals surface area contributed by atoms with E-state index in [1.165, 1.54) is 5.56 Å².